The van der Waals surface area contributed by atoms with Gasteiger partial charge in [0.25, 0.3) is 0 Å². The van der Waals surface area contributed by atoms with Crippen molar-refractivity contribution in [2.75, 3.05) is 12.8 Å². The van der Waals surface area contributed by atoms with Gasteiger partial charge in [-0.2, -0.15) is 0 Å². The molecule has 3 fully saturated rings. The number of amides is 1. The number of nitrogen functional groups attached to an aromatic ring is 1. The molecule has 0 aromatic carbocycles. The van der Waals surface area contributed by atoms with Crippen molar-refractivity contribution in [3.63, 3.8) is 0 Å². The molecule has 7 N–H and O–H groups in total. The van der Waals surface area contributed by atoms with Crippen molar-refractivity contribution in [3.05, 3.63) is 11.1 Å². The Morgan fingerprint density at radius 2 is 2.09 bits per heavy atom. The highest BCUT2D eigenvalue weighted by Crippen LogP contribution is 2.43. The first-order valence-electron chi connectivity index (χ1n) is 10.9. The molecule has 3 aliphatic rings. The maximum Gasteiger partial charge on any atom is 0.239 e. The molecule has 12 heteroatoms. The summed E-state index contributed by atoms with van der Waals surface area (Å²) in [6.07, 6.45) is -4.31. The number of carbonyl (C=O) groups is 1. The van der Waals surface area contributed by atoms with Crippen LogP contribution in [0.2, 0.25) is 0 Å². The van der Waals surface area contributed by atoms with Crippen molar-refractivity contribution in [2.45, 2.75) is 87.8 Å². The van der Waals surface area contributed by atoms with Crippen molar-refractivity contribution in [2.24, 2.45) is 5.92 Å². The van der Waals surface area contributed by atoms with Gasteiger partial charge < -0.3 is 45.9 Å². The minimum Gasteiger partial charge on any atom is -0.391 e. The van der Waals surface area contributed by atoms with E-state index in [4.69, 9.17) is 19.9 Å². The molecule has 2 saturated heterocycles. The van der Waals surface area contributed by atoms with Gasteiger partial charge in [0.15, 0.2) is 5.13 Å². The number of ether oxygens (including phenoxy) is 3. The molecular formula is C20H32N4O7S. The molecule has 0 radical (unpaired) electrons. The number of hydrogen-bond acceptors (Lipinski definition) is 11. The van der Waals surface area contributed by atoms with E-state index in [1.54, 1.807) is 12.4 Å². The van der Waals surface area contributed by atoms with Crippen molar-refractivity contribution >= 4 is 22.4 Å². The summed E-state index contributed by atoms with van der Waals surface area (Å²) >= 11 is 1.25. The molecule has 3 unspecified atom stereocenters. The smallest absolute Gasteiger partial charge is 0.239 e. The number of fused-ring (bicyclic) bond motifs is 2. The lowest BCUT2D eigenvalue weighted by Crippen LogP contribution is -2.77. The molecule has 1 aliphatic carbocycles. The Balaban J connectivity index is 1.56. The van der Waals surface area contributed by atoms with Crippen LogP contribution < -0.4 is 16.4 Å². The number of likely N-dealkylation sites (N-methyl/N-ethyl adjacent to an activating group) is 1. The fraction of sp³-hybridized carbons (Fsp3) is 0.800. The van der Waals surface area contributed by atoms with Gasteiger partial charge in [0, 0.05) is 11.3 Å². The lowest BCUT2D eigenvalue weighted by Gasteiger charge is -2.58. The minimum absolute atomic E-state index is 0.00183. The highest BCUT2D eigenvalue weighted by Gasteiger charge is 2.63. The molecule has 11 nitrogen and oxygen atoms in total. The highest BCUT2D eigenvalue weighted by molar-refractivity contribution is 7.13. The Morgan fingerprint density at radius 3 is 2.72 bits per heavy atom. The zero-order valence-corrected chi connectivity index (χ0v) is 19.1. The van der Waals surface area contributed by atoms with Gasteiger partial charge in [-0.05, 0) is 26.8 Å². The van der Waals surface area contributed by atoms with Crippen LogP contribution >= 0.6 is 11.3 Å². The Bertz CT molecular complexity index is 828. The molecule has 2 aliphatic heterocycles. The van der Waals surface area contributed by atoms with Crippen LogP contribution in [0.5, 0.6) is 0 Å². The van der Waals surface area contributed by atoms with Crippen molar-refractivity contribution in [1.29, 1.82) is 0 Å². The molecule has 0 spiro atoms. The topological polar surface area (TPSA) is 168 Å². The second-order valence-electron chi connectivity index (χ2n) is 8.79. The van der Waals surface area contributed by atoms with Gasteiger partial charge in [-0.15, -0.1) is 11.3 Å². The summed E-state index contributed by atoms with van der Waals surface area (Å²) in [5.41, 5.74) is 6.17. The van der Waals surface area contributed by atoms with Crippen LogP contribution in [0.25, 0.3) is 0 Å². The summed E-state index contributed by atoms with van der Waals surface area (Å²) in [6, 6.07) is -1.43. The van der Waals surface area contributed by atoms with E-state index in [1.165, 1.54) is 11.3 Å². The summed E-state index contributed by atoms with van der Waals surface area (Å²) in [5.74, 6) is -2.78. The van der Waals surface area contributed by atoms with Gasteiger partial charge in [-0.3, -0.25) is 4.79 Å². The summed E-state index contributed by atoms with van der Waals surface area (Å²) < 4.78 is 18.0. The molecular weight excluding hydrogens is 440 g/mol. The molecule has 180 valence electrons. The average Bonchev–Trinajstić information content (AvgIpc) is 3.13. The molecule has 0 bridgehead atoms. The van der Waals surface area contributed by atoms with Gasteiger partial charge in [0.1, 0.15) is 12.2 Å². The number of carbonyl (C=O) groups excluding carboxylic acids is 1. The lowest BCUT2D eigenvalue weighted by atomic mass is 9.74. The molecule has 10 atom stereocenters. The lowest BCUT2D eigenvalue weighted by molar-refractivity contribution is -0.450. The molecule has 32 heavy (non-hydrogen) atoms. The third-order valence-electron chi connectivity index (χ3n) is 6.68. The Hall–Kier alpha value is -1.38. The highest BCUT2D eigenvalue weighted by atomic mass is 32.1. The van der Waals surface area contributed by atoms with Gasteiger partial charge in [-0.25, -0.2) is 4.98 Å². The van der Waals surface area contributed by atoms with Crippen molar-refractivity contribution in [1.82, 2.24) is 15.6 Å². The molecule has 1 amide bonds. The summed E-state index contributed by atoms with van der Waals surface area (Å²) in [5, 5.41) is 41.1. The van der Waals surface area contributed by atoms with Crippen LogP contribution in [-0.4, -0.2) is 87.9 Å². The number of nitrogens with two attached hydrogens (primary N) is 1. The van der Waals surface area contributed by atoms with Gasteiger partial charge >= 0.3 is 0 Å². The number of aliphatic hydroxyl groups is 3. The van der Waals surface area contributed by atoms with Crippen LogP contribution in [-0.2, 0) is 25.4 Å². The maximum absolute atomic E-state index is 12.7. The summed E-state index contributed by atoms with van der Waals surface area (Å²) in [7, 11) is 1.67. The molecule has 3 heterocycles. The van der Waals surface area contributed by atoms with Crippen LogP contribution in [0.15, 0.2) is 5.38 Å². The zero-order chi connectivity index (χ0) is 23.2. The van der Waals surface area contributed by atoms with Gasteiger partial charge in [-0.1, -0.05) is 6.92 Å². The Morgan fingerprint density at radius 1 is 1.34 bits per heavy atom. The number of nitrogens with one attached hydrogen (secondary N) is 2. The number of thiazole rings is 1. The normalized spacial score (nSPS) is 43.9. The van der Waals surface area contributed by atoms with Crippen LogP contribution in [0.3, 0.4) is 0 Å². The molecule has 1 saturated carbocycles. The fourth-order valence-electron chi connectivity index (χ4n) is 5.05. The van der Waals surface area contributed by atoms with Gasteiger partial charge in [0.2, 0.25) is 18.0 Å². The zero-order valence-electron chi connectivity index (χ0n) is 18.3. The number of rotatable bonds is 5. The molecule has 1 aromatic heterocycles. The Labute approximate surface area is 190 Å². The van der Waals surface area contributed by atoms with Gasteiger partial charge in [0.05, 0.1) is 42.5 Å². The van der Waals surface area contributed by atoms with Crippen LogP contribution in [0, 0.1) is 5.92 Å². The number of aliphatic hydroxyl groups excluding tert-OH is 2. The van der Waals surface area contributed by atoms with Crippen LogP contribution in [0.1, 0.15) is 32.4 Å². The number of anilines is 1. The van der Waals surface area contributed by atoms with Crippen molar-refractivity contribution in [3.8, 4) is 0 Å². The second kappa shape index (κ2) is 9.11. The monoisotopic (exact) mass is 472 g/mol. The number of hydrogen-bond donors (Lipinski definition) is 6. The fourth-order valence-corrected chi connectivity index (χ4v) is 5.62. The van der Waals surface area contributed by atoms with E-state index in [9.17, 15) is 20.1 Å². The SMILES string of the molecule is CC[C@@H]1[C@H](O)[C@H](NC)C2O[C@]3(O)C(OC2[C@@H]1O)O[C@H](C)C[C@H]3NC(=O)Cc1csc(N)n1. The standard InChI is InChI=1S/C20H32N4O7S/c1-4-10-14(26)13(22-3)16-17(15(10)27)30-18-20(28,31-16)11(5-8(2)29-18)24-12(25)6-9-7-32-19(21)23-9/h7-8,10-11,13-18,22,26-28H,4-6H2,1-3H3,(H2,21,23)(H,24,25)/t8-,10-,11-,13+,14+,15-,16?,17?,18?,20+/m1/s1. The van der Waals surface area contributed by atoms with E-state index in [0.29, 0.717) is 17.2 Å². The van der Waals surface area contributed by atoms with E-state index >= 15 is 0 Å². The predicted molar refractivity (Wildman–Crippen MR) is 114 cm³/mol. The van der Waals surface area contributed by atoms with Crippen molar-refractivity contribution < 1.29 is 34.3 Å². The quantitative estimate of drug-likeness (QED) is 0.303. The largest absolute Gasteiger partial charge is 0.391 e. The van der Waals surface area contributed by atoms with Crippen LogP contribution in [0.4, 0.5) is 5.13 Å². The molecule has 1 aromatic rings. The minimum atomic E-state index is -2.00. The first-order valence-corrected chi connectivity index (χ1v) is 11.8. The first-order chi connectivity index (χ1) is 15.2. The number of nitrogens with zero attached hydrogens (tertiary/aromatic N) is 1. The van der Waals surface area contributed by atoms with E-state index in [1.807, 2.05) is 13.8 Å². The average molecular weight is 473 g/mol. The van der Waals surface area contributed by atoms with E-state index in [2.05, 4.69) is 15.6 Å². The summed E-state index contributed by atoms with van der Waals surface area (Å²) in [6.45, 7) is 3.69. The third-order valence-corrected chi connectivity index (χ3v) is 7.40. The van der Waals surface area contributed by atoms with E-state index < -0.39 is 54.5 Å². The Kier molecular flexibility index (Phi) is 6.76. The molecule has 4 rings (SSSR count). The van der Waals surface area contributed by atoms with E-state index in [0.717, 1.165) is 0 Å². The third kappa shape index (κ3) is 4.14. The predicted octanol–water partition coefficient (Wildman–Crippen LogP) is -1.29. The summed E-state index contributed by atoms with van der Waals surface area (Å²) in [4.78, 5) is 16.8. The first kappa shape index (κ1) is 23.8. The van der Waals surface area contributed by atoms with E-state index in [-0.39, 0.29) is 24.9 Å². The maximum atomic E-state index is 12.7. The number of aromatic nitrogens is 1. The second-order valence-corrected chi connectivity index (χ2v) is 9.68.